The third kappa shape index (κ3) is 6.80. The zero-order chi connectivity index (χ0) is 26.0. The van der Waals surface area contributed by atoms with Gasteiger partial charge in [0.15, 0.2) is 0 Å². The predicted molar refractivity (Wildman–Crippen MR) is 118 cm³/mol. The van der Waals surface area contributed by atoms with E-state index in [1.807, 2.05) is 0 Å². The topological polar surface area (TPSA) is 184 Å². The van der Waals surface area contributed by atoms with Crippen LogP contribution in [0.1, 0.15) is 45.2 Å². The first-order chi connectivity index (χ1) is 16.2. The van der Waals surface area contributed by atoms with Gasteiger partial charge in [0, 0.05) is 6.54 Å². The number of rotatable bonds is 6. The van der Waals surface area contributed by atoms with Crippen molar-refractivity contribution in [3.05, 3.63) is 35.9 Å². The van der Waals surface area contributed by atoms with Crippen molar-refractivity contribution in [2.75, 3.05) is 6.54 Å². The van der Waals surface area contributed by atoms with Gasteiger partial charge in [0.2, 0.25) is 0 Å². The standard InChI is InChI=1S/C20H27N5O9S/c1-20(2,3)33-18(28)21-15(12-7-5-4-6-8-12)17(27)23-22-16(26)14-10-9-13-11-24(14)19(29)25(13)34-35(30,31)32/h4-8,13-15H,9-11H2,1-3H3,(H,21,28)(H,22,26)(H,23,27)(H,30,31,32)/t13-,14-,15?/m0/s1. The van der Waals surface area contributed by atoms with Gasteiger partial charge in [-0.25, -0.2) is 9.59 Å². The fraction of sp³-hybridized carbons (Fsp3) is 0.500. The minimum atomic E-state index is -4.92. The van der Waals surface area contributed by atoms with Crippen LogP contribution in [-0.2, 0) is 29.0 Å². The number of hydrogen-bond donors (Lipinski definition) is 4. The van der Waals surface area contributed by atoms with E-state index < -0.39 is 58.1 Å². The Morgan fingerprint density at radius 1 is 1.11 bits per heavy atom. The van der Waals surface area contributed by atoms with Crippen molar-refractivity contribution in [3.63, 3.8) is 0 Å². The summed E-state index contributed by atoms with van der Waals surface area (Å²) < 4.78 is 40.4. The smallest absolute Gasteiger partial charge is 0.418 e. The first kappa shape index (κ1) is 26.2. The Morgan fingerprint density at radius 3 is 2.37 bits per heavy atom. The Balaban J connectivity index is 1.65. The van der Waals surface area contributed by atoms with Crippen molar-refractivity contribution < 1.29 is 41.2 Å². The number of piperidine rings is 1. The number of carbonyl (C=O) groups is 4. The average Bonchev–Trinajstić information content (AvgIpc) is 2.98. The lowest BCUT2D eigenvalue weighted by atomic mass is 10.0. The summed E-state index contributed by atoms with van der Waals surface area (Å²) in [5.74, 6) is -1.50. The van der Waals surface area contributed by atoms with Gasteiger partial charge in [0.05, 0.1) is 6.04 Å². The van der Waals surface area contributed by atoms with Gasteiger partial charge in [-0.05, 0) is 39.2 Å². The molecule has 15 heteroatoms. The van der Waals surface area contributed by atoms with Crippen LogP contribution in [0.5, 0.6) is 0 Å². The van der Waals surface area contributed by atoms with E-state index in [4.69, 9.17) is 9.29 Å². The lowest BCUT2D eigenvalue weighted by Gasteiger charge is -2.29. The number of benzene rings is 1. The van der Waals surface area contributed by atoms with Crippen molar-refractivity contribution >= 4 is 34.3 Å². The van der Waals surface area contributed by atoms with Crippen LogP contribution in [0.2, 0.25) is 0 Å². The highest BCUT2D eigenvalue weighted by Gasteiger charge is 2.49. The summed E-state index contributed by atoms with van der Waals surface area (Å²) in [5.41, 5.74) is 4.11. The molecule has 5 amide bonds. The number of ether oxygens (including phenoxy) is 1. The molecule has 2 heterocycles. The van der Waals surface area contributed by atoms with Crippen LogP contribution in [0.25, 0.3) is 0 Å². The van der Waals surface area contributed by atoms with Gasteiger partial charge in [0.25, 0.3) is 11.8 Å². The van der Waals surface area contributed by atoms with E-state index in [0.717, 1.165) is 4.90 Å². The molecule has 0 radical (unpaired) electrons. The van der Waals surface area contributed by atoms with Crippen molar-refractivity contribution in [3.8, 4) is 0 Å². The summed E-state index contributed by atoms with van der Waals surface area (Å²) in [5, 5.41) is 2.97. The molecular formula is C20H27N5O9S. The van der Waals surface area contributed by atoms with Crippen molar-refractivity contribution in [1.29, 1.82) is 0 Å². The summed E-state index contributed by atoms with van der Waals surface area (Å²) >= 11 is 0. The maximum atomic E-state index is 12.9. The molecule has 2 aliphatic rings. The minimum Gasteiger partial charge on any atom is -0.444 e. The molecule has 3 atom stereocenters. The van der Waals surface area contributed by atoms with Crippen LogP contribution in [0.3, 0.4) is 0 Å². The molecule has 0 aliphatic carbocycles. The highest BCUT2D eigenvalue weighted by Crippen LogP contribution is 2.30. The van der Waals surface area contributed by atoms with Gasteiger partial charge >= 0.3 is 22.5 Å². The number of amides is 5. The lowest BCUT2D eigenvalue weighted by Crippen LogP contribution is -2.55. The Labute approximate surface area is 201 Å². The fourth-order valence-corrected chi connectivity index (χ4v) is 4.14. The molecule has 0 saturated carbocycles. The van der Waals surface area contributed by atoms with Crippen molar-refractivity contribution in [1.82, 2.24) is 26.1 Å². The van der Waals surface area contributed by atoms with Gasteiger partial charge < -0.3 is 15.0 Å². The second-order valence-corrected chi connectivity index (χ2v) is 9.98. The number of hydrazine groups is 1. The van der Waals surface area contributed by atoms with Crippen LogP contribution in [0.4, 0.5) is 9.59 Å². The summed E-state index contributed by atoms with van der Waals surface area (Å²) in [6, 6.07) is 4.48. The number of nitrogens with one attached hydrogen (secondary N) is 3. The second kappa shape index (κ2) is 10.1. The zero-order valence-electron chi connectivity index (χ0n) is 19.3. The molecule has 0 aromatic heterocycles. The zero-order valence-corrected chi connectivity index (χ0v) is 20.1. The van der Waals surface area contributed by atoms with E-state index in [2.05, 4.69) is 20.5 Å². The first-order valence-electron chi connectivity index (χ1n) is 10.7. The quantitative estimate of drug-likeness (QED) is 0.309. The number of nitrogens with zero attached hydrogens (tertiary/aromatic N) is 2. The average molecular weight is 514 g/mol. The van der Waals surface area contributed by atoms with Gasteiger partial charge in [0.1, 0.15) is 17.7 Å². The van der Waals surface area contributed by atoms with Crippen LogP contribution >= 0.6 is 0 Å². The van der Waals surface area contributed by atoms with Gasteiger partial charge in [-0.2, -0.15) is 13.5 Å². The second-order valence-electron chi connectivity index (χ2n) is 8.98. The molecule has 2 fully saturated rings. The van der Waals surface area contributed by atoms with Gasteiger partial charge in [-0.3, -0.25) is 25.0 Å². The van der Waals surface area contributed by atoms with Crippen LogP contribution in [-0.4, -0.2) is 71.1 Å². The van der Waals surface area contributed by atoms with Crippen LogP contribution < -0.4 is 16.2 Å². The molecule has 2 bridgehead atoms. The Kier molecular flexibility index (Phi) is 7.52. The number of carbonyl (C=O) groups excluding carboxylic acids is 4. The van der Waals surface area contributed by atoms with E-state index in [1.54, 1.807) is 51.1 Å². The molecule has 4 N–H and O–H groups in total. The molecule has 14 nitrogen and oxygen atoms in total. The monoisotopic (exact) mass is 513 g/mol. The molecule has 2 aliphatic heterocycles. The van der Waals surface area contributed by atoms with Crippen LogP contribution in [0.15, 0.2) is 30.3 Å². The van der Waals surface area contributed by atoms with Crippen molar-refractivity contribution in [2.45, 2.75) is 57.3 Å². The van der Waals surface area contributed by atoms with E-state index in [1.165, 1.54) is 0 Å². The summed E-state index contributed by atoms with van der Waals surface area (Å²) in [6.45, 7) is 5.00. The molecule has 35 heavy (non-hydrogen) atoms. The maximum Gasteiger partial charge on any atom is 0.418 e. The Bertz CT molecular complexity index is 1090. The van der Waals surface area contributed by atoms with Gasteiger partial charge in [-0.1, -0.05) is 30.3 Å². The van der Waals surface area contributed by atoms with Crippen LogP contribution in [0, 0.1) is 0 Å². The Morgan fingerprint density at radius 2 is 1.77 bits per heavy atom. The number of urea groups is 1. The molecule has 0 spiro atoms. The summed E-state index contributed by atoms with van der Waals surface area (Å²) in [7, 11) is -4.92. The highest BCUT2D eigenvalue weighted by molar-refractivity contribution is 7.80. The third-order valence-electron chi connectivity index (χ3n) is 5.17. The summed E-state index contributed by atoms with van der Waals surface area (Å²) in [4.78, 5) is 51.4. The van der Waals surface area contributed by atoms with E-state index >= 15 is 0 Å². The molecule has 1 aromatic rings. The van der Waals surface area contributed by atoms with E-state index in [9.17, 15) is 27.6 Å². The van der Waals surface area contributed by atoms with Gasteiger partial charge in [-0.15, -0.1) is 4.28 Å². The molecule has 1 aromatic carbocycles. The fourth-order valence-electron chi connectivity index (χ4n) is 3.75. The Hall–Kier alpha value is -3.43. The summed E-state index contributed by atoms with van der Waals surface area (Å²) in [6.07, 6.45) is -0.467. The minimum absolute atomic E-state index is 0.00672. The highest BCUT2D eigenvalue weighted by atomic mass is 32.3. The SMILES string of the molecule is CC(C)(C)OC(=O)NC(C(=O)NNC(=O)[C@@H]1CC[C@H]2CN1C(=O)N2OS(=O)(=O)O)c1ccccc1. The number of hydrogen-bond acceptors (Lipinski definition) is 8. The van der Waals surface area contributed by atoms with E-state index in [0.29, 0.717) is 10.6 Å². The van der Waals surface area contributed by atoms with E-state index in [-0.39, 0.29) is 19.4 Å². The number of alkyl carbamates (subject to hydrolysis) is 1. The first-order valence-corrected chi connectivity index (χ1v) is 12.0. The number of hydroxylamine groups is 2. The maximum absolute atomic E-state index is 12.9. The molecule has 1 unspecified atom stereocenters. The largest absolute Gasteiger partial charge is 0.444 e. The lowest BCUT2D eigenvalue weighted by molar-refractivity contribution is -0.132. The predicted octanol–water partition coefficient (Wildman–Crippen LogP) is 0.403. The van der Waals surface area contributed by atoms with Crippen molar-refractivity contribution in [2.24, 2.45) is 0 Å². The normalized spacial score (nSPS) is 20.7. The third-order valence-corrected chi connectivity index (χ3v) is 5.51. The molecule has 3 rings (SSSR count). The molecule has 2 saturated heterocycles. The molecular weight excluding hydrogens is 486 g/mol. The number of fused-ring (bicyclic) bond motifs is 2. The molecule has 192 valence electrons.